The van der Waals surface area contributed by atoms with Gasteiger partial charge in [-0.1, -0.05) is 0 Å². The number of nitrogens with zero attached hydrogens (tertiary/aromatic N) is 1. The van der Waals surface area contributed by atoms with Crippen LogP contribution in [0.4, 0.5) is 0 Å². The van der Waals surface area contributed by atoms with Crippen molar-refractivity contribution in [2.24, 2.45) is 5.92 Å². The van der Waals surface area contributed by atoms with Crippen molar-refractivity contribution >= 4 is 15.9 Å². The summed E-state index contributed by atoms with van der Waals surface area (Å²) in [6.07, 6.45) is 4.30. The molecule has 2 heterocycles. The van der Waals surface area contributed by atoms with Gasteiger partial charge in [-0.15, -0.1) is 0 Å². The standard InChI is InChI=1S/C11H15BrN2O/c12-10-3-4-11(15)14(8-10)7-9-2-1-5-13-6-9/h3-4,8-9,13H,1-2,5-7H2. The van der Waals surface area contributed by atoms with Crippen LogP contribution in [0.1, 0.15) is 12.8 Å². The van der Waals surface area contributed by atoms with E-state index in [-0.39, 0.29) is 5.56 Å². The molecule has 0 radical (unpaired) electrons. The third-order valence-electron chi connectivity index (χ3n) is 2.80. The predicted octanol–water partition coefficient (Wildman–Crippen LogP) is 1.61. The Morgan fingerprint density at radius 3 is 3.13 bits per heavy atom. The molecular weight excluding hydrogens is 256 g/mol. The predicted molar refractivity (Wildman–Crippen MR) is 64.0 cm³/mol. The Hall–Kier alpha value is -0.610. The topological polar surface area (TPSA) is 34.0 Å². The highest BCUT2D eigenvalue weighted by atomic mass is 79.9. The molecule has 1 aliphatic rings. The molecule has 1 N–H and O–H groups in total. The highest BCUT2D eigenvalue weighted by molar-refractivity contribution is 9.10. The van der Waals surface area contributed by atoms with Crippen LogP contribution in [0.3, 0.4) is 0 Å². The van der Waals surface area contributed by atoms with Gasteiger partial charge < -0.3 is 9.88 Å². The average molecular weight is 271 g/mol. The molecule has 15 heavy (non-hydrogen) atoms. The first-order chi connectivity index (χ1) is 7.25. The van der Waals surface area contributed by atoms with Gasteiger partial charge in [0.15, 0.2) is 0 Å². The minimum absolute atomic E-state index is 0.0868. The van der Waals surface area contributed by atoms with E-state index in [4.69, 9.17) is 0 Å². The molecule has 2 rings (SSSR count). The Morgan fingerprint density at radius 2 is 2.40 bits per heavy atom. The average Bonchev–Trinajstić information content (AvgIpc) is 2.25. The largest absolute Gasteiger partial charge is 0.316 e. The van der Waals surface area contributed by atoms with Gasteiger partial charge in [0.2, 0.25) is 0 Å². The normalized spacial score (nSPS) is 21.5. The van der Waals surface area contributed by atoms with Crippen LogP contribution < -0.4 is 10.9 Å². The van der Waals surface area contributed by atoms with E-state index < -0.39 is 0 Å². The van der Waals surface area contributed by atoms with Gasteiger partial charge in [0.1, 0.15) is 0 Å². The summed E-state index contributed by atoms with van der Waals surface area (Å²) >= 11 is 3.39. The van der Waals surface area contributed by atoms with Gasteiger partial charge in [0.25, 0.3) is 5.56 Å². The van der Waals surface area contributed by atoms with E-state index in [1.807, 2.05) is 6.20 Å². The molecule has 4 heteroatoms. The second-order valence-corrected chi connectivity index (χ2v) is 4.97. The fraction of sp³-hybridized carbons (Fsp3) is 0.545. The molecule has 0 aliphatic carbocycles. The summed E-state index contributed by atoms with van der Waals surface area (Å²) in [7, 11) is 0. The summed E-state index contributed by atoms with van der Waals surface area (Å²) in [4.78, 5) is 11.6. The Kier molecular flexibility index (Phi) is 3.59. The molecule has 3 nitrogen and oxygen atoms in total. The molecule has 0 saturated carbocycles. The van der Waals surface area contributed by atoms with Gasteiger partial charge in [0.05, 0.1) is 0 Å². The number of aromatic nitrogens is 1. The van der Waals surface area contributed by atoms with Crippen LogP contribution in [0.2, 0.25) is 0 Å². The number of halogens is 1. The molecule has 0 bridgehead atoms. The molecule has 1 atom stereocenters. The van der Waals surface area contributed by atoms with E-state index in [0.717, 1.165) is 24.1 Å². The summed E-state index contributed by atoms with van der Waals surface area (Å²) < 4.78 is 2.76. The number of pyridine rings is 1. The quantitative estimate of drug-likeness (QED) is 0.886. The van der Waals surface area contributed by atoms with Gasteiger partial charge >= 0.3 is 0 Å². The maximum Gasteiger partial charge on any atom is 0.250 e. The van der Waals surface area contributed by atoms with Crippen LogP contribution in [0.5, 0.6) is 0 Å². The van der Waals surface area contributed by atoms with Gasteiger partial charge in [0, 0.05) is 23.3 Å². The van der Waals surface area contributed by atoms with Crippen LogP contribution in [0.15, 0.2) is 27.6 Å². The lowest BCUT2D eigenvalue weighted by Crippen LogP contribution is -2.34. The smallest absolute Gasteiger partial charge is 0.250 e. The minimum atomic E-state index is 0.0868. The zero-order valence-corrected chi connectivity index (χ0v) is 10.2. The van der Waals surface area contributed by atoms with Gasteiger partial charge in [-0.3, -0.25) is 4.79 Å². The lowest BCUT2D eigenvalue weighted by atomic mass is 10.00. The second kappa shape index (κ2) is 4.94. The maximum absolute atomic E-state index is 11.6. The molecule has 1 aromatic heterocycles. The zero-order valence-electron chi connectivity index (χ0n) is 8.58. The van der Waals surface area contributed by atoms with Gasteiger partial charge in [-0.05, 0) is 53.8 Å². The van der Waals surface area contributed by atoms with Crippen molar-refractivity contribution in [1.82, 2.24) is 9.88 Å². The highest BCUT2D eigenvalue weighted by Gasteiger charge is 2.13. The van der Waals surface area contributed by atoms with Crippen molar-refractivity contribution in [2.45, 2.75) is 19.4 Å². The van der Waals surface area contributed by atoms with E-state index in [2.05, 4.69) is 21.2 Å². The summed E-state index contributed by atoms with van der Waals surface area (Å²) in [5.74, 6) is 0.589. The fourth-order valence-corrected chi connectivity index (χ4v) is 2.38. The van der Waals surface area contributed by atoms with Crippen molar-refractivity contribution < 1.29 is 0 Å². The summed E-state index contributed by atoms with van der Waals surface area (Å²) in [5, 5.41) is 3.36. The van der Waals surface area contributed by atoms with Crippen LogP contribution >= 0.6 is 15.9 Å². The van der Waals surface area contributed by atoms with E-state index in [0.29, 0.717) is 5.92 Å². The lowest BCUT2D eigenvalue weighted by molar-refractivity contribution is 0.333. The Morgan fingerprint density at radius 1 is 1.53 bits per heavy atom. The molecule has 82 valence electrons. The van der Waals surface area contributed by atoms with E-state index in [1.165, 1.54) is 12.8 Å². The molecule has 1 unspecified atom stereocenters. The minimum Gasteiger partial charge on any atom is -0.316 e. The summed E-state index contributed by atoms with van der Waals surface area (Å²) in [6, 6.07) is 3.40. The molecule has 1 aromatic rings. The maximum atomic E-state index is 11.6. The molecule has 0 spiro atoms. The molecule has 1 aliphatic heterocycles. The fourth-order valence-electron chi connectivity index (χ4n) is 2.00. The Labute approximate surface area is 97.6 Å². The van der Waals surface area contributed by atoms with Crippen molar-refractivity contribution in [1.29, 1.82) is 0 Å². The van der Waals surface area contributed by atoms with Crippen LogP contribution in [-0.4, -0.2) is 17.7 Å². The van der Waals surface area contributed by atoms with Gasteiger partial charge in [-0.2, -0.15) is 0 Å². The van der Waals surface area contributed by atoms with Crippen molar-refractivity contribution in [3.05, 3.63) is 33.2 Å². The van der Waals surface area contributed by atoms with E-state index in [9.17, 15) is 4.79 Å². The van der Waals surface area contributed by atoms with Gasteiger partial charge in [-0.25, -0.2) is 0 Å². The Balaban J connectivity index is 2.09. The first kappa shape index (κ1) is 10.9. The lowest BCUT2D eigenvalue weighted by Gasteiger charge is -2.23. The van der Waals surface area contributed by atoms with Crippen LogP contribution in [0, 0.1) is 5.92 Å². The van der Waals surface area contributed by atoms with E-state index >= 15 is 0 Å². The van der Waals surface area contributed by atoms with Crippen molar-refractivity contribution in [3.8, 4) is 0 Å². The number of piperidine rings is 1. The molecule has 1 fully saturated rings. The summed E-state index contributed by atoms with van der Waals surface area (Å²) in [6.45, 7) is 2.97. The molecule has 1 saturated heterocycles. The molecule has 0 amide bonds. The van der Waals surface area contributed by atoms with Crippen LogP contribution in [-0.2, 0) is 6.54 Å². The third-order valence-corrected chi connectivity index (χ3v) is 3.27. The number of hydrogen-bond acceptors (Lipinski definition) is 2. The number of rotatable bonds is 2. The molecule has 0 aromatic carbocycles. The Bertz CT molecular complexity index is 382. The SMILES string of the molecule is O=c1ccc(Br)cn1CC1CCCNC1. The summed E-state index contributed by atoms with van der Waals surface area (Å²) in [5.41, 5.74) is 0.0868. The molecular formula is C11H15BrN2O. The highest BCUT2D eigenvalue weighted by Crippen LogP contribution is 2.13. The first-order valence-corrected chi connectivity index (χ1v) is 6.12. The van der Waals surface area contributed by atoms with E-state index in [1.54, 1.807) is 16.7 Å². The van der Waals surface area contributed by atoms with Crippen molar-refractivity contribution in [2.75, 3.05) is 13.1 Å². The van der Waals surface area contributed by atoms with Crippen LogP contribution in [0.25, 0.3) is 0 Å². The zero-order chi connectivity index (χ0) is 10.7. The second-order valence-electron chi connectivity index (χ2n) is 4.05. The monoisotopic (exact) mass is 270 g/mol. The number of hydrogen-bond donors (Lipinski definition) is 1. The number of nitrogens with one attached hydrogen (secondary N) is 1. The third kappa shape index (κ3) is 2.92. The first-order valence-electron chi connectivity index (χ1n) is 5.32. The van der Waals surface area contributed by atoms with Crippen molar-refractivity contribution in [3.63, 3.8) is 0 Å².